The Morgan fingerprint density at radius 1 is 0.553 bits per heavy atom. The molecule has 0 unspecified atom stereocenters. The standard InChI is InChI=1S/C35H27N3/c1-24-22-28(26-10-4-3-5-11-26)23-25(2)34(24)37-21-20-36-35(37)27-16-18-29(19-17-27)38-32-14-8-6-12-30(32)31-13-7-9-15-33(31)38/h3-23H,1-2H3. The Bertz CT molecular complexity index is 1850. The fourth-order valence-corrected chi connectivity index (χ4v) is 5.79. The number of benzene rings is 5. The van der Waals surface area contributed by atoms with E-state index in [1.54, 1.807) is 0 Å². The predicted octanol–water partition coefficient (Wildman–Crippen LogP) is 8.92. The van der Waals surface area contributed by atoms with Crippen LogP contribution in [0.15, 0.2) is 128 Å². The molecule has 7 aromatic rings. The minimum absolute atomic E-state index is 0.942. The van der Waals surface area contributed by atoms with Crippen molar-refractivity contribution < 1.29 is 0 Å². The Labute approximate surface area is 222 Å². The molecular formula is C35H27N3. The second-order valence-corrected chi connectivity index (χ2v) is 9.86. The van der Waals surface area contributed by atoms with Gasteiger partial charge in [-0.1, -0.05) is 66.7 Å². The van der Waals surface area contributed by atoms with E-state index in [2.05, 4.69) is 144 Å². The van der Waals surface area contributed by atoms with Gasteiger partial charge in [-0.3, -0.25) is 4.57 Å². The minimum atomic E-state index is 0.942. The number of aromatic nitrogens is 3. The van der Waals surface area contributed by atoms with E-state index in [1.807, 2.05) is 6.20 Å². The minimum Gasteiger partial charge on any atom is -0.309 e. The molecule has 0 saturated heterocycles. The zero-order valence-corrected chi connectivity index (χ0v) is 21.5. The quantitative estimate of drug-likeness (QED) is 0.242. The molecule has 0 radical (unpaired) electrons. The normalized spacial score (nSPS) is 11.4. The fraction of sp³-hybridized carbons (Fsp3) is 0.0571. The lowest BCUT2D eigenvalue weighted by Gasteiger charge is -2.16. The summed E-state index contributed by atoms with van der Waals surface area (Å²) < 4.78 is 4.56. The van der Waals surface area contributed by atoms with Gasteiger partial charge in [-0.15, -0.1) is 0 Å². The van der Waals surface area contributed by atoms with Crippen molar-refractivity contribution in [1.29, 1.82) is 0 Å². The van der Waals surface area contributed by atoms with Crippen molar-refractivity contribution in [2.45, 2.75) is 13.8 Å². The molecule has 3 heteroatoms. The first kappa shape index (κ1) is 22.3. The van der Waals surface area contributed by atoms with Crippen LogP contribution in [0.3, 0.4) is 0 Å². The Hall–Kier alpha value is -4.89. The Balaban J connectivity index is 1.30. The van der Waals surface area contributed by atoms with Gasteiger partial charge in [0.05, 0.1) is 16.7 Å². The number of para-hydroxylation sites is 2. The third-order valence-corrected chi connectivity index (χ3v) is 7.44. The van der Waals surface area contributed by atoms with Gasteiger partial charge in [0, 0.05) is 34.4 Å². The second kappa shape index (κ2) is 8.89. The summed E-state index contributed by atoms with van der Waals surface area (Å²) in [6, 6.07) is 41.1. The Morgan fingerprint density at radius 2 is 1.13 bits per heavy atom. The van der Waals surface area contributed by atoms with Crippen molar-refractivity contribution in [3.8, 4) is 33.9 Å². The van der Waals surface area contributed by atoms with Gasteiger partial charge in [-0.05, 0) is 84.6 Å². The molecule has 7 rings (SSSR count). The van der Waals surface area contributed by atoms with Crippen LogP contribution in [0.2, 0.25) is 0 Å². The summed E-state index contributed by atoms with van der Waals surface area (Å²) in [5.74, 6) is 0.942. The zero-order chi connectivity index (χ0) is 25.6. The smallest absolute Gasteiger partial charge is 0.144 e. The highest BCUT2D eigenvalue weighted by Gasteiger charge is 2.15. The molecule has 0 aliphatic carbocycles. The molecule has 0 saturated carbocycles. The largest absolute Gasteiger partial charge is 0.309 e. The van der Waals surface area contributed by atoms with Crippen LogP contribution in [0.4, 0.5) is 0 Å². The van der Waals surface area contributed by atoms with E-state index in [-0.39, 0.29) is 0 Å². The number of hydrogen-bond donors (Lipinski definition) is 0. The van der Waals surface area contributed by atoms with Crippen LogP contribution in [-0.2, 0) is 0 Å². The maximum atomic E-state index is 4.77. The van der Waals surface area contributed by atoms with Crippen LogP contribution in [0.5, 0.6) is 0 Å². The number of aryl methyl sites for hydroxylation is 2. The summed E-state index contributed by atoms with van der Waals surface area (Å²) in [5.41, 5.74) is 10.8. The number of fused-ring (bicyclic) bond motifs is 3. The van der Waals surface area contributed by atoms with Gasteiger partial charge in [0.25, 0.3) is 0 Å². The predicted molar refractivity (Wildman–Crippen MR) is 158 cm³/mol. The molecule has 0 atom stereocenters. The number of rotatable bonds is 4. The van der Waals surface area contributed by atoms with E-state index >= 15 is 0 Å². The molecule has 0 amide bonds. The third kappa shape index (κ3) is 3.55. The average molecular weight is 490 g/mol. The molecule has 38 heavy (non-hydrogen) atoms. The van der Waals surface area contributed by atoms with Crippen LogP contribution < -0.4 is 0 Å². The van der Waals surface area contributed by atoms with Gasteiger partial charge in [-0.25, -0.2) is 4.98 Å². The van der Waals surface area contributed by atoms with Gasteiger partial charge < -0.3 is 4.57 Å². The van der Waals surface area contributed by atoms with Crippen LogP contribution in [0, 0.1) is 13.8 Å². The van der Waals surface area contributed by atoms with E-state index in [0.29, 0.717) is 0 Å². The fourth-order valence-electron chi connectivity index (χ4n) is 5.79. The molecule has 5 aromatic carbocycles. The van der Waals surface area contributed by atoms with Crippen molar-refractivity contribution in [1.82, 2.24) is 14.1 Å². The molecular weight excluding hydrogens is 462 g/mol. The highest BCUT2D eigenvalue weighted by molar-refractivity contribution is 6.09. The molecule has 3 nitrogen and oxygen atoms in total. The summed E-state index contributed by atoms with van der Waals surface area (Å²) in [6.45, 7) is 4.37. The molecule has 0 fully saturated rings. The van der Waals surface area contributed by atoms with E-state index in [9.17, 15) is 0 Å². The molecule has 0 aliphatic rings. The topological polar surface area (TPSA) is 22.8 Å². The first-order valence-electron chi connectivity index (χ1n) is 13.0. The molecule has 2 heterocycles. The third-order valence-electron chi connectivity index (χ3n) is 7.44. The molecule has 2 aromatic heterocycles. The van der Waals surface area contributed by atoms with Crippen LogP contribution in [-0.4, -0.2) is 14.1 Å². The first-order valence-corrected chi connectivity index (χ1v) is 13.0. The summed E-state index contributed by atoms with van der Waals surface area (Å²) in [4.78, 5) is 4.77. The van der Waals surface area contributed by atoms with E-state index in [0.717, 1.165) is 17.1 Å². The average Bonchev–Trinajstić information content (AvgIpc) is 3.56. The molecule has 182 valence electrons. The van der Waals surface area contributed by atoms with E-state index in [4.69, 9.17) is 4.98 Å². The zero-order valence-electron chi connectivity index (χ0n) is 21.5. The van der Waals surface area contributed by atoms with Crippen molar-refractivity contribution in [3.05, 3.63) is 139 Å². The second-order valence-electron chi connectivity index (χ2n) is 9.86. The highest BCUT2D eigenvalue weighted by atomic mass is 15.1. The van der Waals surface area contributed by atoms with Crippen LogP contribution >= 0.6 is 0 Å². The molecule has 0 aliphatic heterocycles. The van der Waals surface area contributed by atoms with Gasteiger partial charge in [-0.2, -0.15) is 0 Å². The van der Waals surface area contributed by atoms with Crippen molar-refractivity contribution in [2.75, 3.05) is 0 Å². The number of hydrogen-bond acceptors (Lipinski definition) is 1. The number of imidazole rings is 1. The van der Waals surface area contributed by atoms with Gasteiger partial charge in [0.2, 0.25) is 0 Å². The summed E-state index contributed by atoms with van der Waals surface area (Å²) >= 11 is 0. The van der Waals surface area contributed by atoms with Gasteiger partial charge >= 0.3 is 0 Å². The first-order chi connectivity index (χ1) is 18.7. The van der Waals surface area contributed by atoms with Crippen molar-refractivity contribution >= 4 is 21.8 Å². The molecule has 0 N–H and O–H groups in total. The summed E-state index contributed by atoms with van der Waals surface area (Å²) in [7, 11) is 0. The lowest BCUT2D eigenvalue weighted by Crippen LogP contribution is -2.02. The van der Waals surface area contributed by atoms with Gasteiger partial charge in [0.1, 0.15) is 5.82 Å². The van der Waals surface area contributed by atoms with Crippen LogP contribution in [0.25, 0.3) is 55.7 Å². The summed E-state index contributed by atoms with van der Waals surface area (Å²) in [5, 5.41) is 2.54. The monoisotopic (exact) mass is 489 g/mol. The Kier molecular flexibility index (Phi) is 5.22. The van der Waals surface area contributed by atoms with E-state index in [1.165, 1.54) is 49.7 Å². The van der Waals surface area contributed by atoms with Gasteiger partial charge in [0.15, 0.2) is 0 Å². The number of nitrogens with zero attached hydrogens (tertiary/aromatic N) is 3. The Morgan fingerprint density at radius 3 is 1.76 bits per heavy atom. The lowest BCUT2D eigenvalue weighted by atomic mass is 9.98. The molecule has 0 spiro atoms. The van der Waals surface area contributed by atoms with Crippen molar-refractivity contribution in [3.63, 3.8) is 0 Å². The molecule has 0 bridgehead atoms. The van der Waals surface area contributed by atoms with Crippen molar-refractivity contribution in [2.24, 2.45) is 0 Å². The van der Waals surface area contributed by atoms with E-state index < -0.39 is 0 Å². The lowest BCUT2D eigenvalue weighted by molar-refractivity contribution is 1.03. The summed E-state index contributed by atoms with van der Waals surface area (Å²) in [6.07, 6.45) is 3.95. The maximum absolute atomic E-state index is 4.77. The van der Waals surface area contributed by atoms with Crippen LogP contribution in [0.1, 0.15) is 11.1 Å². The SMILES string of the molecule is Cc1cc(-c2ccccc2)cc(C)c1-n1ccnc1-c1ccc(-n2c3ccccc3c3ccccc32)cc1. The maximum Gasteiger partial charge on any atom is 0.144 e. The highest BCUT2D eigenvalue weighted by Crippen LogP contribution is 2.34.